The summed E-state index contributed by atoms with van der Waals surface area (Å²) >= 11 is 1.82. The van der Waals surface area contributed by atoms with Crippen molar-refractivity contribution in [2.45, 2.75) is 0 Å². The van der Waals surface area contributed by atoms with Gasteiger partial charge in [-0.2, -0.15) is 0 Å². The second-order valence-corrected chi connectivity index (χ2v) is 15.6. The zero-order chi connectivity index (χ0) is 36.0. The molecule has 0 radical (unpaired) electrons. The molecule has 254 valence electrons. The quantitative estimate of drug-likeness (QED) is 0.170. The minimum absolute atomic E-state index is 0.712. The lowest BCUT2D eigenvalue weighted by atomic mass is 9.87. The van der Waals surface area contributed by atoms with E-state index in [1.54, 1.807) is 0 Å². The average Bonchev–Trinajstić information content (AvgIpc) is 3.69. The predicted octanol–water partition coefficient (Wildman–Crippen LogP) is 14.7. The van der Waals surface area contributed by atoms with Gasteiger partial charge in [-0.3, -0.25) is 0 Å². The van der Waals surface area contributed by atoms with Crippen LogP contribution in [0, 0.1) is 0 Å². The van der Waals surface area contributed by atoms with Crippen LogP contribution in [0.25, 0.3) is 119 Å². The van der Waals surface area contributed by atoms with Gasteiger partial charge in [0, 0.05) is 31.8 Å². The van der Waals surface area contributed by atoms with Gasteiger partial charge in [0.15, 0.2) is 5.82 Å². The maximum absolute atomic E-state index is 5.35. The molecule has 0 aliphatic rings. The summed E-state index contributed by atoms with van der Waals surface area (Å²) in [6.45, 7) is 0. The number of aromatic nitrogens is 2. The molecular formula is C52H30N2S. The van der Waals surface area contributed by atoms with Crippen LogP contribution in [0.5, 0.6) is 0 Å². The fourth-order valence-corrected chi connectivity index (χ4v) is 10.0. The summed E-state index contributed by atoms with van der Waals surface area (Å²) in [5.41, 5.74) is 6.12. The molecule has 0 N–H and O–H groups in total. The highest BCUT2D eigenvalue weighted by Gasteiger charge is 2.19. The van der Waals surface area contributed by atoms with Crippen molar-refractivity contribution in [1.82, 2.24) is 9.97 Å². The van der Waals surface area contributed by atoms with E-state index in [9.17, 15) is 0 Å². The summed E-state index contributed by atoms with van der Waals surface area (Å²) in [7, 11) is 0. The Morgan fingerprint density at radius 1 is 0.327 bits per heavy atom. The van der Waals surface area contributed by atoms with Gasteiger partial charge in [-0.05, 0) is 100 Å². The van der Waals surface area contributed by atoms with Gasteiger partial charge in [0.25, 0.3) is 0 Å². The molecule has 2 nitrogen and oxygen atoms in total. The van der Waals surface area contributed by atoms with Crippen LogP contribution in [0.15, 0.2) is 182 Å². The molecule has 0 saturated carbocycles. The molecule has 12 rings (SSSR count). The van der Waals surface area contributed by atoms with Crippen LogP contribution < -0.4 is 0 Å². The molecule has 0 unspecified atom stereocenters. The van der Waals surface area contributed by atoms with Gasteiger partial charge in [0.1, 0.15) is 0 Å². The molecule has 0 amide bonds. The molecule has 0 bridgehead atoms. The van der Waals surface area contributed by atoms with E-state index < -0.39 is 0 Å². The molecule has 12 aromatic rings. The van der Waals surface area contributed by atoms with Gasteiger partial charge in [-0.15, -0.1) is 11.3 Å². The number of benzene rings is 9. The van der Waals surface area contributed by atoms with E-state index in [0.717, 1.165) is 28.1 Å². The van der Waals surface area contributed by atoms with Gasteiger partial charge in [0.05, 0.1) is 11.4 Å². The summed E-state index contributed by atoms with van der Waals surface area (Å²) in [6, 6.07) is 66.3. The van der Waals surface area contributed by atoms with Crippen LogP contribution in [-0.2, 0) is 0 Å². The van der Waals surface area contributed by atoms with Gasteiger partial charge in [-0.1, -0.05) is 152 Å². The Bertz CT molecular complexity index is 3450. The van der Waals surface area contributed by atoms with E-state index in [4.69, 9.17) is 9.97 Å². The molecule has 2 aromatic heterocycles. The number of thiophene rings is 1. The van der Waals surface area contributed by atoms with Gasteiger partial charge >= 0.3 is 0 Å². The Morgan fingerprint density at radius 3 is 1.56 bits per heavy atom. The third-order valence-electron chi connectivity index (χ3n) is 11.4. The molecule has 2 heterocycles. The van der Waals surface area contributed by atoms with Crippen LogP contribution in [0.1, 0.15) is 0 Å². The summed E-state index contributed by atoms with van der Waals surface area (Å²) in [5.74, 6) is 0.712. The van der Waals surface area contributed by atoms with E-state index in [2.05, 4.69) is 176 Å². The molecule has 0 aliphatic heterocycles. The highest BCUT2D eigenvalue weighted by Crippen LogP contribution is 2.45. The van der Waals surface area contributed by atoms with Crippen molar-refractivity contribution < 1.29 is 0 Å². The lowest BCUT2D eigenvalue weighted by Crippen LogP contribution is -1.97. The maximum atomic E-state index is 5.35. The molecule has 0 saturated heterocycles. The van der Waals surface area contributed by atoms with Crippen LogP contribution in [0.2, 0.25) is 0 Å². The topological polar surface area (TPSA) is 25.8 Å². The number of hydrogen-bond acceptors (Lipinski definition) is 3. The Balaban J connectivity index is 1.19. The molecule has 0 fully saturated rings. The monoisotopic (exact) mass is 714 g/mol. The van der Waals surface area contributed by atoms with E-state index >= 15 is 0 Å². The zero-order valence-electron chi connectivity index (χ0n) is 29.6. The molecule has 55 heavy (non-hydrogen) atoms. The van der Waals surface area contributed by atoms with E-state index in [0.29, 0.717) is 5.82 Å². The third kappa shape index (κ3) is 4.67. The summed E-state index contributed by atoms with van der Waals surface area (Å²) < 4.78 is 1.28. The Kier molecular flexibility index (Phi) is 6.54. The Labute approximate surface area is 320 Å². The first kappa shape index (κ1) is 30.5. The standard InChI is InChI=1S/C52H30N2S/c1-2-11-34(12-3-1)52-53-44(30-45(54-52)38-17-5-6-18-39(38)47-29-35-13-4-7-22-46(35)55-47)37-27-36-26-25-33-15-9-20-41-40-19-8-14-31-23-24-32-16-10-21-42(50(32)48(31)40)43(28-37)51(36)49(33)41/h1-30H. The van der Waals surface area contributed by atoms with Crippen molar-refractivity contribution in [3.8, 4) is 44.3 Å². The van der Waals surface area contributed by atoms with Crippen LogP contribution in [0.3, 0.4) is 0 Å². The molecule has 0 atom stereocenters. The largest absolute Gasteiger partial charge is 0.228 e. The number of hydrogen-bond donors (Lipinski definition) is 0. The van der Waals surface area contributed by atoms with Gasteiger partial charge in [-0.25, -0.2) is 9.97 Å². The van der Waals surface area contributed by atoms with Crippen molar-refractivity contribution in [2.75, 3.05) is 0 Å². The summed E-state index contributed by atoms with van der Waals surface area (Å²) in [6.07, 6.45) is 0. The smallest absolute Gasteiger partial charge is 0.160 e. The highest BCUT2D eigenvalue weighted by atomic mass is 32.1. The van der Waals surface area contributed by atoms with Crippen molar-refractivity contribution in [1.29, 1.82) is 0 Å². The Hall–Kier alpha value is -6.94. The summed E-state index contributed by atoms with van der Waals surface area (Å²) in [4.78, 5) is 11.9. The van der Waals surface area contributed by atoms with Crippen molar-refractivity contribution in [2.24, 2.45) is 0 Å². The zero-order valence-corrected chi connectivity index (χ0v) is 30.4. The minimum Gasteiger partial charge on any atom is -0.228 e. The second-order valence-electron chi connectivity index (χ2n) is 14.5. The normalized spacial score (nSPS) is 12.0. The van der Waals surface area contributed by atoms with E-state index in [-0.39, 0.29) is 0 Å². The SMILES string of the molecule is c1ccc(-c2nc(-c3cc4ccc5cccc6c7cccc8ccc9cccc(c(c3)c4c56)c9c87)cc(-c3ccccc3-c3cc4ccccc4s3)n2)cc1. The first-order valence-corrected chi connectivity index (χ1v) is 19.5. The average molecular weight is 715 g/mol. The molecular weight excluding hydrogens is 685 g/mol. The summed E-state index contributed by atoms with van der Waals surface area (Å²) in [5, 5.41) is 16.4. The van der Waals surface area contributed by atoms with Crippen molar-refractivity contribution in [3.05, 3.63) is 182 Å². The number of rotatable bonds is 4. The molecule has 10 aromatic carbocycles. The number of fused-ring (bicyclic) bond motifs is 3. The molecule has 0 spiro atoms. The first-order chi connectivity index (χ1) is 27.2. The first-order valence-electron chi connectivity index (χ1n) is 18.7. The third-order valence-corrected chi connectivity index (χ3v) is 12.5. The fraction of sp³-hybridized carbons (Fsp3) is 0. The van der Waals surface area contributed by atoms with Gasteiger partial charge in [0.2, 0.25) is 0 Å². The molecule has 0 aliphatic carbocycles. The van der Waals surface area contributed by atoms with Crippen LogP contribution >= 0.6 is 11.3 Å². The maximum Gasteiger partial charge on any atom is 0.160 e. The highest BCUT2D eigenvalue weighted by molar-refractivity contribution is 7.22. The second kappa shape index (κ2) is 11.8. The van der Waals surface area contributed by atoms with Crippen molar-refractivity contribution in [3.63, 3.8) is 0 Å². The molecule has 3 heteroatoms. The van der Waals surface area contributed by atoms with Crippen molar-refractivity contribution >= 4 is 86.1 Å². The lowest BCUT2D eigenvalue weighted by Gasteiger charge is -2.17. The fourth-order valence-electron chi connectivity index (χ4n) is 8.92. The van der Waals surface area contributed by atoms with Crippen LogP contribution in [0.4, 0.5) is 0 Å². The number of nitrogens with zero attached hydrogens (tertiary/aromatic N) is 2. The minimum atomic E-state index is 0.712. The van der Waals surface area contributed by atoms with E-state index in [1.807, 2.05) is 17.4 Å². The van der Waals surface area contributed by atoms with E-state index in [1.165, 1.54) is 85.2 Å². The van der Waals surface area contributed by atoms with Crippen LogP contribution in [-0.4, -0.2) is 9.97 Å². The van der Waals surface area contributed by atoms with Gasteiger partial charge < -0.3 is 0 Å². The predicted molar refractivity (Wildman–Crippen MR) is 235 cm³/mol. The lowest BCUT2D eigenvalue weighted by molar-refractivity contribution is 1.18. The Morgan fingerprint density at radius 2 is 0.873 bits per heavy atom.